The largest absolute Gasteiger partial charge is 0.463 e. The molecule has 0 aliphatic carbocycles. The van der Waals surface area contributed by atoms with Gasteiger partial charge in [-0.25, -0.2) is 13.2 Å². The number of para-hydroxylation sites is 1. The highest BCUT2D eigenvalue weighted by molar-refractivity contribution is 7.91. The highest BCUT2D eigenvalue weighted by atomic mass is 32.2. The van der Waals surface area contributed by atoms with Gasteiger partial charge in [0.2, 0.25) is 5.91 Å². The van der Waals surface area contributed by atoms with Crippen molar-refractivity contribution in [2.75, 3.05) is 12.5 Å². The molecule has 8 heteroatoms. The molecular formula is C27H27NO6S. The van der Waals surface area contributed by atoms with Crippen LogP contribution in [0.25, 0.3) is 6.08 Å². The molecule has 0 saturated heterocycles. The second-order valence-electron chi connectivity index (χ2n) is 7.73. The fourth-order valence-electron chi connectivity index (χ4n) is 3.14. The van der Waals surface area contributed by atoms with E-state index in [4.69, 9.17) is 9.47 Å². The van der Waals surface area contributed by atoms with Crippen LogP contribution in [0.4, 0.5) is 0 Å². The highest BCUT2D eigenvalue weighted by Crippen LogP contribution is 2.23. The van der Waals surface area contributed by atoms with Gasteiger partial charge in [-0.15, -0.1) is 0 Å². The molecular weight excluding hydrogens is 466 g/mol. The lowest BCUT2D eigenvalue weighted by Crippen LogP contribution is -2.30. The molecule has 0 bridgehead atoms. The summed E-state index contributed by atoms with van der Waals surface area (Å²) >= 11 is 0. The van der Waals surface area contributed by atoms with Gasteiger partial charge in [-0.3, -0.25) is 4.79 Å². The van der Waals surface area contributed by atoms with Crippen LogP contribution >= 0.6 is 0 Å². The third-order valence-electron chi connectivity index (χ3n) is 4.91. The summed E-state index contributed by atoms with van der Waals surface area (Å²) < 4.78 is 35.9. The first-order chi connectivity index (χ1) is 16.8. The zero-order valence-electron chi connectivity index (χ0n) is 19.6. The molecule has 3 rings (SSSR count). The van der Waals surface area contributed by atoms with Crippen LogP contribution in [0.5, 0.6) is 11.5 Å². The molecule has 0 aliphatic heterocycles. The molecule has 0 spiro atoms. The number of carbonyl (C=O) groups is 2. The summed E-state index contributed by atoms with van der Waals surface area (Å²) in [5.41, 5.74) is 1.64. The number of aryl methyl sites for hydroxylation is 1. The lowest BCUT2D eigenvalue weighted by Gasteiger charge is -2.10. The number of hydrogen-bond donors (Lipinski definition) is 1. The number of esters is 1. The Hall–Kier alpha value is -3.91. The zero-order chi connectivity index (χ0) is 25.3. The number of rotatable bonds is 10. The summed E-state index contributed by atoms with van der Waals surface area (Å²) in [4.78, 5) is 25.1. The lowest BCUT2D eigenvalue weighted by molar-refractivity contribution is -0.139. The molecule has 0 atom stereocenters. The Morgan fingerprint density at radius 2 is 1.60 bits per heavy atom. The topological polar surface area (TPSA) is 98.8 Å². The number of carbonyl (C=O) groups excluding carboxylic acids is 2. The van der Waals surface area contributed by atoms with E-state index in [1.54, 1.807) is 43.3 Å². The third-order valence-corrected chi connectivity index (χ3v) is 6.42. The maximum atomic E-state index is 12.5. The normalized spacial score (nSPS) is 11.5. The van der Waals surface area contributed by atoms with Crippen molar-refractivity contribution in [3.05, 3.63) is 95.6 Å². The van der Waals surface area contributed by atoms with E-state index in [0.29, 0.717) is 17.1 Å². The predicted molar refractivity (Wildman–Crippen MR) is 134 cm³/mol. The molecule has 3 aromatic carbocycles. The Bertz CT molecular complexity index is 1300. The minimum absolute atomic E-state index is 0.0916. The summed E-state index contributed by atoms with van der Waals surface area (Å²) in [6, 6.07) is 22.6. The van der Waals surface area contributed by atoms with Crippen LogP contribution in [0, 0.1) is 6.92 Å². The fraction of sp³-hybridized carbons (Fsp3) is 0.185. The van der Waals surface area contributed by atoms with E-state index >= 15 is 0 Å². The highest BCUT2D eigenvalue weighted by Gasteiger charge is 2.19. The molecule has 0 fully saturated rings. The fourth-order valence-corrected chi connectivity index (χ4v) is 4.21. The average molecular weight is 494 g/mol. The summed E-state index contributed by atoms with van der Waals surface area (Å²) in [5.74, 6) is -0.629. The van der Waals surface area contributed by atoms with Crippen LogP contribution in [0.1, 0.15) is 24.5 Å². The monoisotopic (exact) mass is 493 g/mol. The van der Waals surface area contributed by atoms with Crippen LogP contribution in [-0.2, 0) is 24.2 Å². The maximum absolute atomic E-state index is 12.5. The Balaban J connectivity index is 1.73. The Morgan fingerprint density at radius 3 is 2.29 bits per heavy atom. The van der Waals surface area contributed by atoms with Crippen molar-refractivity contribution in [2.24, 2.45) is 0 Å². The molecule has 35 heavy (non-hydrogen) atoms. The minimum Gasteiger partial charge on any atom is -0.463 e. The van der Waals surface area contributed by atoms with E-state index in [0.717, 1.165) is 5.56 Å². The van der Waals surface area contributed by atoms with Crippen LogP contribution < -0.4 is 10.1 Å². The summed E-state index contributed by atoms with van der Waals surface area (Å²) in [6.45, 7) is 3.65. The van der Waals surface area contributed by atoms with Crippen molar-refractivity contribution in [1.82, 2.24) is 5.32 Å². The molecule has 1 amide bonds. The van der Waals surface area contributed by atoms with Crippen LogP contribution in [-0.4, -0.2) is 32.8 Å². The zero-order valence-corrected chi connectivity index (χ0v) is 20.4. The lowest BCUT2D eigenvalue weighted by atomic mass is 10.1. The van der Waals surface area contributed by atoms with E-state index in [-0.39, 0.29) is 23.5 Å². The summed E-state index contributed by atoms with van der Waals surface area (Å²) in [6.07, 6.45) is 1.19. The quantitative estimate of drug-likeness (QED) is 0.326. The molecule has 0 aliphatic rings. The van der Waals surface area contributed by atoms with Crippen molar-refractivity contribution < 1.29 is 27.5 Å². The SMILES string of the molecule is CCOC(=O)/C(=C/c1cccc(Oc2ccccc2)c1)CC(=O)NCS(=O)(=O)c1ccc(C)cc1. The first-order valence-corrected chi connectivity index (χ1v) is 12.7. The predicted octanol–water partition coefficient (Wildman–Crippen LogP) is 4.67. The van der Waals surface area contributed by atoms with E-state index in [2.05, 4.69) is 5.32 Å². The molecule has 7 nitrogen and oxygen atoms in total. The number of ether oxygens (including phenoxy) is 2. The summed E-state index contributed by atoms with van der Waals surface area (Å²) in [7, 11) is -3.72. The standard InChI is InChI=1S/C27H27NO6S/c1-3-33-27(30)22(16-21-8-7-11-24(17-21)34-23-9-5-4-6-10-23)18-26(29)28-19-35(31,32)25-14-12-20(2)13-15-25/h4-17H,3,18-19H2,1-2H3,(H,28,29)/b22-16+. The van der Waals surface area contributed by atoms with E-state index in [1.807, 2.05) is 37.3 Å². The van der Waals surface area contributed by atoms with E-state index < -0.39 is 27.6 Å². The maximum Gasteiger partial charge on any atom is 0.334 e. The molecule has 0 aromatic heterocycles. The molecule has 0 radical (unpaired) electrons. The van der Waals surface area contributed by atoms with Gasteiger partial charge in [-0.1, -0.05) is 48.0 Å². The molecule has 1 N–H and O–H groups in total. The van der Waals surface area contributed by atoms with Crippen LogP contribution in [0.2, 0.25) is 0 Å². The van der Waals surface area contributed by atoms with Gasteiger partial charge >= 0.3 is 5.97 Å². The van der Waals surface area contributed by atoms with Gasteiger partial charge in [0.25, 0.3) is 0 Å². The number of amides is 1. The Labute approximate surface area is 205 Å². The smallest absolute Gasteiger partial charge is 0.334 e. The second-order valence-corrected chi connectivity index (χ2v) is 9.72. The van der Waals surface area contributed by atoms with Gasteiger partial charge in [0.05, 0.1) is 17.9 Å². The van der Waals surface area contributed by atoms with Crippen molar-refractivity contribution in [3.63, 3.8) is 0 Å². The molecule has 0 unspecified atom stereocenters. The first kappa shape index (κ1) is 25.7. The average Bonchev–Trinajstić information content (AvgIpc) is 2.84. The number of hydrogen-bond acceptors (Lipinski definition) is 6. The molecule has 0 saturated carbocycles. The van der Waals surface area contributed by atoms with Crippen molar-refractivity contribution in [3.8, 4) is 11.5 Å². The third kappa shape index (κ3) is 7.82. The van der Waals surface area contributed by atoms with Gasteiger partial charge in [0.1, 0.15) is 17.4 Å². The number of benzene rings is 3. The Kier molecular flexibility index (Phi) is 8.80. The van der Waals surface area contributed by atoms with Crippen molar-refractivity contribution >= 4 is 27.8 Å². The van der Waals surface area contributed by atoms with Crippen LogP contribution in [0.15, 0.2) is 89.3 Å². The van der Waals surface area contributed by atoms with Gasteiger partial charge in [0.15, 0.2) is 9.84 Å². The number of sulfone groups is 1. The van der Waals surface area contributed by atoms with Gasteiger partial charge < -0.3 is 14.8 Å². The first-order valence-electron chi connectivity index (χ1n) is 11.0. The van der Waals surface area contributed by atoms with E-state index in [9.17, 15) is 18.0 Å². The minimum atomic E-state index is -3.72. The second kappa shape index (κ2) is 12.0. The van der Waals surface area contributed by atoms with E-state index in [1.165, 1.54) is 18.2 Å². The molecule has 182 valence electrons. The molecule has 0 heterocycles. The van der Waals surface area contributed by atoms with Crippen LogP contribution in [0.3, 0.4) is 0 Å². The van der Waals surface area contributed by atoms with Crippen molar-refractivity contribution in [1.29, 1.82) is 0 Å². The number of nitrogens with one attached hydrogen (secondary N) is 1. The van der Waals surface area contributed by atoms with Gasteiger partial charge in [-0.2, -0.15) is 0 Å². The molecule has 3 aromatic rings. The van der Waals surface area contributed by atoms with Gasteiger partial charge in [0, 0.05) is 5.57 Å². The van der Waals surface area contributed by atoms with Gasteiger partial charge in [-0.05, 0) is 61.9 Å². The van der Waals surface area contributed by atoms with Crippen molar-refractivity contribution in [2.45, 2.75) is 25.2 Å². The summed E-state index contributed by atoms with van der Waals surface area (Å²) in [5, 5.41) is 2.39. The Morgan fingerprint density at radius 1 is 0.914 bits per heavy atom.